The molecule has 1 fully saturated rings. The fourth-order valence-corrected chi connectivity index (χ4v) is 7.87. The third-order valence-corrected chi connectivity index (χ3v) is 10.2. The molecule has 0 amide bonds. The van der Waals surface area contributed by atoms with Crippen LogP contribution in [0.15, 0.2) is 30.3 Å². The summed E-state index contributed by atoms with van der Waals surface area (Å²) in [4.78, 5) is 2.41. The molecule has 1 saturated heterocycles. The van der Waals surface area contributed by atoms with Gasteiger partial charge in [0.25, 0.3) is 0 Å². The van der Waals surface area contributed by atoms with E-state index in [1.165, 1.54) is 41.8 Å². The van der Waals surface area contributed by atoms with Crippen LogP contribution < -0.4 is 14.9 Å². The van der Waals surface area contributed by atoms with E-state index in [1.54, 1.807) is 48.5 Å². The molecule has 3 rings (SSSR count). The van der Waals surface area contributed by atoms with Crippen LogP contribution in [0, 0.1) is 51.5 Å². The molecule has 2 aromatic rings. The van der Waals surface area contributed by atoms with Gasteiger partial charge in [0, 0.05) is 5.69 Å². The second kappa shape index (κ2) is 18.8. The summed E-state index contributed by atoms with van der Waals surface area (Å²) in [6.07, 6.45) is 7.27. The van der Waals surface area contributed by atoms with Crippen LogP contribution in [-0.2, 0) is 22.6 Å². The maximum absolute atomic E-state index is 13.1. The van der Waals surface area contributed by atoms with Gasteiger partial charge in [-0.25, -0.2) is 6.54 Å². The van der Waals surface area contributed by atoms with Crippen LogP contribution >= 0.6 is 26.9 Å². The largest absolute Gasteiger partial charge is 0.522 e. The number of halogens is 2. The standard InChI is InChI=1S/C14H22NO3P.C13H18N.C5H4.2ClH.Ru/c1-7-17-19(16,15(5)6)13-8-9-14(12(4)10-13)18-11(2)3;1-10-8-11(2)13(12(3)9-10)14-6-4-5-7-14;1-3-5-4-2;;;/h4,8-11H,7H2,1-3,5-6H3;6,8-9H,4-5,7H2,1-3H3;1H,2H3;2*1H;/q;-1;;;;+2/p-2. The number of benzene rings is 2. The van der Waals surface area contributed by atoms with Gasteiger partial charge in [-0.2, -0.15) is 6.42 Å². The number of terminal acetylenes is 1. The molecule has 9 heteroatoms. The van der Waals surface area contributed by atoms with E-state index < -0.39 is 21.0 Å². The molecular weight excluding hydrogens is 663 g/mol. The first-order valence-electron chi connectivity index (χ1n) is 13.4. The predicted octanol–water partition coefficient (Wildman–Crippen LogP) is 7.98. The van der Waals surface area contributed by atoms with Crippen molar-refractivity contribution in [2.75, 3.05) is 32.1 Å². The molecule has 228 valence electrons. The molecule has 1 unspecified atom stereocenters. The Labute approximate surface area is 261 Å². The summed E-state index contributed by atoms with van der Waals surface area (Å²) in [6, 6.07) is 9.90. The maximum atomic E-state index is 13.1. The number of rotatable bonds is 8. The zero-order valence-electron chi connectivity index (χ0n) is 25.7. The SMILES string of the molecule is C#CC#CC.CCOP(=O)(c1ccc(OC(C)C)c([CH]=[Ru]([Cl])[Cl])c1)N(C)C.Cc1cc(C)c(N2[CH-]CCC2)c(C)c1. The average molecular weight is 708 g/mol. The molecule has 0 aliphatic carbocycles. The van der Waals surface area contributed by atoms with Crippen molar-refractivity contribution in [1.29, 1.82) is 0 Å². The van der Waals surface area contributed by atoms with Crippen molar-refractivity contribution in [1.82, 2.24) is 4.67 Å². The average Bonchev–Trinajstić information content (AvgIpc) is 3.39. The van der Waals surface area contributed by atoms with Gasteiger partial charge in [-0.05, 0) is 57.2 Å². The van der Waals surface area contributed by atoms with Gasteiger partial charge in [-0.3, -0.25) is 0 Å². The van der Waals surface area contributed by atoms with Crippen molar-refractivity contribution in [3.05, 3.63) is 59.1 Å². The van der Waals surface area contributed by atoms with E-state index in [1.807, 2.05) is 20.8 Å². The van der Waals surface area contributed by atoms with E-state index in [-0.39, 0.29) is 6.10 Å². The Morgan fingerprint density at radius 2 is 1.83 bits per heavy atom. The number of hydrogen-bond donors (Lipinski definition) is 0. The van der Waals surface area contributed by atoms with Crippen molar-refractivity contribution >= 4 is 42.5 Å². The summed E-state index contributed by atoms with van der Waals surface area (Å²) < 4.78 is 27.8. The quantitative estimate of drug-likeness (QED) is 0.121. The zero-order valence-corrected chi connectivity index (χ0v) is 29.8. The summed E-state index contributed by atoms with van der Waals surface area (Å²) in [5.41, 5.74) is 6.36. The zero-order chi connectivity index (χ0) is 31.2. The summed E-state index contributed by atoms with van der Waals surface area (Å²) in [6.45, 7) is 17.9. The summed E-state index contributed by atoms with van der Waals surface area (Å²) in [7, 11) is 12.4. The Bertz CT molecular complexity index is 1290. The first kappa shape index (κ1) is 37.4. The van der Waals surface area contributed by atoms with Crippen LogP contribution in [0.1, 0.15) is 62.8 Å². The van der Waals surface area contributed by atoms with E-state index >= 15 is 0 Å². The Kier molecular flexibility index (Phi) is 17.2. The van der Waals surface area contributed by atoms with Crippen molar-refractivity contribution in [3.8, 4) is 29.9 Å². The smallest absolute Gasteiger partial charge is 0.0130 e. The number of ether oxygens (including phenoxy) is 1. The molecule has 0 radical (unpaired) electrons. The molecule has 0 aromatic heterocycles. The van der Waals surface area contributed by atoms with Gasteiger partial charge >= 0.3 is 146 Å². The molecule has 1 atom stereocenters. The number of hydrogen-bond acceptors (Lipinski definition) is 4. The molecule has 1 heterocycles. The predicted molar refractivity (Wildman–Crippen MR) is 175 cm³/mol. The minimum absolute atomic E-state index is 0.0249. The Morgan fingerprint density at radius 3 is 2.24 bits per heavy atom. The van der Waals surface area contributed by atoms with Gasteiger partial charge in [0.2, 0.25) is 0 Å². The van der Waals surface area contributed by atoms with Crippen LogP contribution in [0.4, 0.5) is 5.69 Å². The molecule has 41 heavy (non-hydrogen) atoms. The van der Waals surface area contributed by atoms with Gasteiger partial charge in [0.15, 0.2) is 0 Å². The van der Waals surface area contributed by atoms with Crippen LogP contribution in [0.5, 0.6) is 5.75 Å². The van der Waals surface area contributed by atoms with Crippen molar-refractivity contribution in [2.45, 2.75) is 67.4 Å². The fraction of sp³-hybridized carbons (Fsp3) is 0.438. The normalized spacial score (nSPS) is 14.0. The number of aryl methyl sites for hydroxylation is 3. The monoisotopic (exact) mass is 707 g/mol. The minimum atomic E-state index is -3.08. The summed E-state index contributed by atoms with van der Waals surface area (Å²) >= 11 is -2.03. The van der Waals surface area contributed by atoms with Gasteiger partial charge in [-0.1, -0.05) is 30.0 Å². The van der Waals surface area contributed by atoms with Crippen LogP contribution in [0.25, 0.3) is 0 Å². The molecule has 0 N–H and O–H groups in total. The molecule has 1 aliphatic heterocycles. The fourth-order valence-electron chi connectivity index (χ4n) is 4.33. The second-order valence-electron chi connectivity index (χ2n) is 9.77. The van der Waals surface area contributed by atoms with E-state index in [0.717, 1.165) is 5.56 Å². The van der Waals surface area contributed by atoms with Crippen LogP contribution in [0.2, 0.25) is 0 Å². The Balaban J connectivity index is 0.000000374. The summed E-state index contributed by atoms with van der Waals surface area (Å²) in [5, 5.41) is 0.602. The second-order valence-corrected chi connectivity index (χ2v) is 18.1. The number of anilines is 1. The third kappa shape index (κ3) is 12.3. The third-order valence-electron chi connectivity index (χ3n) is 5.77. The van der Waals surface area contributed by atoms with Crippen LogP contribution in [0.3, 0.4) is 0 Å². The van der Waals surface area contributed by atoms with Crippen molar-refractivity contribution in [2.24, 2.45) is 0 Å². The number of nitrogens with zero attached hydrogens (tertiary/aromatic N) is 2. The summed E-state index contributed by atoms with van der Waals surface area (Å²) in [5.74, 6) is 7.76. The Morgan fingerprint density at radius 1 is 1.20 bits per heavy atom. The first-order chi connectivity index (χ1) is 19.3. The molecule has 0 saturated carbocycles. The molecule has 2 aromatic carbocycles. The van der Waals surface area contributed by atoms with E-state index in [0.29, 0.717) is 17.7 Å². The Hall–Kier alpha value is -1.62. The van der Waals surface area contributed by atoms with E-state index in [9.17, 15) is 4.57 Å². The minimum Gasteiger partial charge on any atom is -0.522 e. The van der Waals surface area contributed by atoms with Gasteiger partial charge in [0.05, 0.1) is 0 Å². The maximum Gasteiger partial charge on any atom is 0.0130 e. The van der Waals surface area contributed by atoms with Crippen molar-refractivity contribution < 1.29 is 27.3 Å². The molecule has 0 bridgehead atoms. The van der Waals surface area contributed by atoms with Gasteiger partial charge in [-0.15, -0.1) is 6.42 Å². The topological polar surface area (TPSA) is 42.0 Å². The molecule has 5 nitrogen and oxygen atoms in total. The first-order valence-corrected chi connectivity index (χ1v) is 20.5. The van der Waals surface area contributed by atoms with Gasteiger partial charge in [0.1, 0.15) is 0 Å². The molecule has 0 spiro atoms. The van der Waals surface area contributed by atoms with Crippen molar-refractivity contribution in [3.63, 3.8) is 0 Å². The molecule has 1 aliphatic rings. The van der Waals surface area contributed by atoms with E-state index in [2.05, 4.69) is 62.1 Å². The van der Waals surface area contributed by atoms with Gasteiger partial charge < -0.3 is 4.90 Å². The van der Waals surface area contributed by atoms with Crippen LogP contribution in [-0.4, -0.2) is 42.6 Å². The van der Waals surface area contributed by atoms with E-state index in [4.69, 9.17) is 35.1 Å². The molecular formula is C32H44Cl2N2O3PRu-.